The lowest BCUT2D eigenvalue weighted by molar-refractivity contribution is -0.870. The third-order valence-electron chi connectivity index (χ3n) is 12.7. The first kappa shape index (κ1) is 62.2. The van der Waals surface area contributed by atoms with Crippen LogP contribution in [0.15, 0.2) is 12.2 Å². The maximum absolute atomic E-state index is 12.9. The van der Waals surface area contributed by atoms with E-state index in [2.05, 4.69) is 19.2 Å². The number of aliphatic hydroxyl groups is 1. The summed E-state index contributed by atoms with van der Waals surface area (Å²) < 4.78 is 23.3. The van der Waals surface area contributed by atoms with Crippen LogP contribution in [-0.2, 0) is 18.4 Å². The van der Waals surface area contributed by atoms with Gasteiger partial charge >= 0.3 is 0 Å². The molecule has 0 heterocycles. The maximum atomic E-state index is 12.9. The third-order valence-corrected chi connectivity index (χ3v) is 13.7. The molecular formula is C54H109N2O6P. The van der Waals surface area contributed by atoms with Gasteiger partial charge in [0.25, 0.3) is 7.82 Å². The molecule has 0 aliphatic heterocycles. The molecule has 3 unspecified atom stereocenters. The molecule has 1 amide bonds. The summed E-state index contributed by atoms with van der Waals surface area (Å²) in [5, 5.41) is 13.9. The van der Waals surface area contributed by atoms with Crippen LogP contribution in [0.3, 0.4) is 0 Å². The highest BCUT2D eigenvalue weighted by molar-refractivity contribution is 7.45. The summed E-state index contributed by atoms with van der Waals surface area (Å²) in [5.41, 5.74) is 0. The Labute approximate surface area is 392 Å². The SMILES string of the molecule is CCCCCCCCCCCCCCCCC/C=C/C(O)C(COP(=O)([O-])OCC[N+](C)(C)C)NC(=O)CCCCCCCCCCCCCCCCCCCCCCCCCC. The Morgan fingerprint density at radius 1 is 0.540 bits per heavy atom. The Morgan fingerprint density at radius 2 is 0.857 bits per heavy atom. The minimum Gasteiger partial charge on any atom is -0.756 e. The molecule has 63 heavy (non-hydrogen) atoms. The molecule has 0 rings (SSSR count). The highest BCUT2D eigenvalue weighted by Crippen LogP contribution is 2.38. The Balaban J connectivity index is 4.18. The lowest BCUT2D eigenvalue weighted by Gasteiger charge is -2.29. The van der Waals surface area contributed by atoms with Gasteiger partial charge in [-0.1, -0.05) is 264 Å². The van der Waals surface area contributed by atoms with Gasteiger partial charge in [-0.05, 0) is 19.3 Å². The van der Waals surface area contributed by atoms with Crippen LogP contribution < -0.4 is 10.2 Å². The van der Waals surface area contributed by atoms with E-state index in [1.807, 2.05) is 27.2 Å². The van der Waals surface area contributed by atoms with Crippen LogP contribution in [0.4, 0.5) is 0 Å². The smallest absolute Gasteiger partial charge is 0.268 e. The van der Waals surface area contributed by atoms with Crippen LogP contribution in [0.2, 0.25) is 0 Å². The number of hydrogen-bond acceptors (Lipinski definition) is 6. The van der Waals surface area contributed by atoms with Crippen molar-refractivity contribution in [1.29, 1.82) is 0 Å². The molecular weight excluding hydrogens is 804 g/mol. The average Bonchev–Trinajstić information content (AvgIpc) is 3.24. The molecule has 0 saturated heterocycles. The van der Waals surface area contributed by atoms with Gasteiger partial charge in [0.2, 0.25) is 5.91 Å². The molecule has 0 radical (unpaired) electrons. The van der Waals surface area contributed by atoms with Gasteiger partial charge < -0.3 is 28.8 Å². The molecule has 2 N–H and O–H groups in total. The predicted molar refractivity (Wildman–Crippen MR) is 270 cm³/mol. The molecule has 0 aliphatic rings. The molecule has 0 fully saturated rings. The Kier molecular flexibility index (Phi) is 45.8. The van der Waals surface area contributed by atoms with Crippen molar-refractivity contribution in [2.24, 2.45) is 0 Å². The van der Waals surface area contributed by atoms with Crippen LogP contribution in [0.25, 0.3) is 0 Å². The Hall–Kier alpha value is -0.760. The number of hydrogen-bond donors (Lipinski definition) is 2. The van der Waals surface area contributed by atoms with E-state index in [0.717, 1.165) is 38.5 Å². The summed E-state index contributed by atoms with van der Waals surface area (Å²) in [6.07, 6.45) is 55.6. The van der Waals surface area contributed by atoms with E-state index in [1.54, 1.807) is 6.08 Å². The van der Waals surface area contributed by atoms with Gasteiger partial charge in [-0.15, -0.1) is 0 Å². The molecule has 0 saturated carbocycles. The summed E-state index contributed by atoms with van der Waals surface area (Å²) in [4.78, 5) is 25.4. The zero-order chi connectivity index (χ0) is 46.4. The van der Waals surface area contributed by atoms with Crippen LogP contribution in [0, 0.1) is 0 Å². The second-order valence-electron chi connectivity index (χ2n) is 20.3. The number of amides is 1. The fourth-order valence-electron chi connectivity index (χ4n) is 8.39. The maximum Gasteiger partial charge on any atom is 0.268 e. The van der Waals surface area contributed by atoms with E-state index in [4.69, 9.17) is 9.05 Å². The summed E-state index contributed by atoms with van der Waals surface area (Å²) in [6, 6.07) is -0.881. The molecule has 0 spiro atoms. The first-order valence-corrected chi connectivity index (χ1v) is 29.0. The number of carbonyl (C=O) groups excluding carboxylic acids is 1. The summed E-state index contributed by atoms with van der Waals surface area (Å²) in [6.45, 7) is 4.69. The van der Waals surface area contributed by atoms with Crippen LogP contribution in [0.5, 0.6) is 0 Å². The number of carbonyl (C=O) groups is 1. The second kappa shape index (κ2) is 46.4. The zero-order valence-electron chi connectivity index (χ0n) is 42.8. The van der Waals surface area contributed by atoms with Crippen LogP contribution in [-0.4, -0.2) is 68.5 Å². The molecule has 9 heteroatoms. The van der Waals surface area contributed by atoms with Gasteiger partial charge in [-0.2, -0.15) is 0 Å². The van der Waals surface area contributed by atoms with E-state index >= 15 is 0 Å². The Bertz CT molecular complexity index is 1040. The topological polar surface area (TPSA) is 108 Å². The van der Waals surface area contributed by atoms with Crippen molar-refractivity contribution >= 4 is 13.7 Å². The average molecular weight is 913 g/mol. The summed E-state index contributed by atoms with van der Waals surface area (Å²) in [7, 11) is 1.28. The lowest BCUT2D eigenvalue weighted by atomic mass is 10.0. The molecule has 8 nitrogen and oxygen atoms in total. The van der Waals surface area contributed by atoms with Gasteiger partial charge in [0.05, 0.1) is 39.9 Å². The van der Waals surface area contributed by atoms with E-state index in [9.17, 15) is 19.4 Å². The largest absolute Gasteiger partial charge is 0.756 e. The van der Waals surface area contributed by atoms with Gasteiger partial charge in [-0.3, -0.25) is 9.36 Å². The van der Waals surface area contributed by atoms with Crippen molar-refractivity contribution in [2.75, 3.05) is 40.9 Å². The molecule has 0 bridgehead atoms. The van der Waals surface area contributed by atoms with Crippen molar-refractivity contribution in [3.8, 4) is 0 Å². The number of likely N-dealkylation sites (N-methyl/N-ethyl adjacent to an activating group) is 1. The number of phosphoric ester groups is 1. The predicted octanol–water partition coefficient (Wildman–Crippen LogP) is 15.6. The van der Waals surface area contributed by atoms with Gasteiger partial charge in [0.1, 0.15) is 13.2 Å². The van der Waals surface area contributed by atoms with E-state index in [0.29, 0.717) is 17.4 Å². The monoisotopic (exact) mass is 913 g/mol. The van der Waals surface area contributed by atoms with Gasteiger partial charge in [0, 0.05) is 6.42 Å². The Morgan fingerprint density at radius 3 is 1.19 bits per heavy atom. The number of aliphatic hydroxyl groups excluding tert-OH is 1. The first-order valence-electron chi connectivity index (χ1n) is 27.6. The van der Waals surface area contributed by atoms with Crippen molar-refractivity contribution in [3.05, 3.63) is 12.2 Å². The molecule has 376 valence electrons. The quantitative estimate of drug-likeness (QED) is 0.0272. The standard InChI is InChI=1S/C54H109N2O6P/c1-6-8-10-12-14-16-18-20-22-24-25-26-27-28-29-30-32-34-36-38-40-42-44-46-48-54(58)55-52(51-62-63(59,60)61-50-49-56(3,4)5)53(57)47-45-43-41-39-37-35-33-31-23-21-19-17-15-13-11-9-7-2/h45,47,52-53,57H,6-44,46,48-51H2,1-5H3,(H-,55,58,59,60)/b47-45+. The molecule has 0 aromatic carbocycles. The third kappa shape index (κ3) is 49.0. The number of unbranched alkanes of at least 4 members (excludes halogenated alkanes) is 38. The fourth-order valence-corrected chi connectivity index (χ4v) is 9.11. The number of quaternary nitrogens is 1. The van der Waals surface area contributed by atoms with E-state index in [-0.39, 0.29) is 19.1 Å². The van der Waals surface area contributed by atoms with E-state index < -0.39 is 20.0 Å². The number of nitrogens with zero attached hydrogens (tertiary/aromatic N) is 1. The van der Waals surface area contributed by atoms with E-state index in [1.165, 1.54) is 218 Å². The fraction of sp³-hybridized carbons (Fsp3) is 0.944. The second-order valence-corrected chi connectivity index (χ2v) is 21.7. The minimum atomic E-state index is -4.59. The molecule has 0 aliphatic carbocycles. The van der Waals surface area contributed by atoms with Crippen LogP contribution >= 0.6 is 7.82 Å². The van der Waals surface area contributed by atoms with Crippen molar-refractivity contribution < 1.29 is 32.9 Å². The minimum absolute atomic E-state index is 0.00256. The number of allylic oxidation sites excluding steroid dienone is 1. The molecule has 0 aromatic heterocycles. The number of rotatable bonds is 51. The van der Waals surface area contributed by atoms with Crippen molar-refractivity contribution in [2.45, 2.75) is 289 Å². The highest BCUT2D eigenvalue weighted by Gasteiger charge is 2.23. The zero-order valence-corrected chi connectivity index (χ0v) is 43.7. The number of phosphoric acid groups is 1. The first-order chi connectivity index (χ1) is 30.5. The highest BCUT2D eigenvalue weighted by atomic mass is 31.2. The molecule has 0 aromatic rings. The van der Waals surface area contributed by atoms with Gasteiger partial charge in [0.15, 0.2) is 0 Å². The van der Waals surface area contributed by atoms with Crippen LogP contribution in [0.1, 0.15) is 277 Å². The van der Waals surface area contributed by atoms with Crippen molar-refractivity contribution in [3.63, 3.8) is 0 Å². The van der Waals surface area contributed by atoms with Crippen molar-refractivity contribution in [1.82, 2.24) is 5.32 Å². The lowest BCUT2D eigenvalue weighted by Crippen LogP contribution is -2.45. The normalized spacial score (nSPS) is 14.1. The molecule has 3 atom stereocenters. The summed E-state index contributed by atoms with van der Waals surface area (Å²) in [5.74, 6) is -0.191. The van der Waals surface area contributed by atoms with Gasteiger partial charge in [-0.25, -0.2) is 0 Å². The summed E-state index contributed by atoms with van der Waals surface area (Å²) >= 11 is 0. The number of nitrogens with one attached hydrogen (secondary N) is 1.